The molecule has 1 aromatic carbocycles. The normalized spacial score (nSPS) is 13.6. The van der Waals surface area contributed by atoms with Gasteiger partial charge in [0.25, 0.3) is 0 Å². The molecule has 18 heavy (non-hydrogen) atoms. The van der Waals surface area contributed by atoms with Crippen LogP contribution in [0.2, 0.25) is 0 Å². The number of hydrogen-bond acceptors (Lipinski definition) is 3. The van der Waals surface area contributed by atoms with Gasteiger partial charge in [0.05, 0.1) is 3.55 Å². The van der Waals surface area contributed by atoms with Gasteiger partial charge in [-0.1, -0.05) is 53.8 Å². The van der Waals surface area contributed by atoms with Gasteiger partial charge in [-0.3, -0.25) is 0 Å². The molecular formula is C13H21IO3Si. The summed E-state index contributed by atoms with van der Waals surface area (Å²) in [5.74, 6) is 0. The summed E-state index contributed by atoms with van der Waals surface area (Å²) in [7, 11) is 2.44. The molecule has 0 fully saturated rings. The van der Waals surface area contributed by atoms with Gasteiger partial charge >= 0.3 is 8.80 Å². The van der Waals surface area contributed by atoms with Gasteiger partial charge in [0.1, 0.15) is 0 Å². The zero-order valence-corrected chi connectivity index (χ0v) is 14.6. The van der Waals surface area contributed by atoms with E-state index in [2.05, 4.69) is 53.8 Å². The molecule has 102 valence electrons. The summed E-state index contributed by atoms with van der Waals surface area (Å²) >= 11 is 2.37. The molecule has 0 spiro atoms. The minimum atomic E-state index is -2.54. The Labute approximate surface area is 124 Å². The highest BCUT2D eigenvalue weighted by Gasteiger charge is 2.45. The van der Waals surface area contributed by atoms with Crippen molar-refractivity contribution in [1.29, 1.82) is 0 Å². The highest BCUT2D eigenvalue weighted by molar-refractivity contribution is 14.1. The van der Waals surface area contributed by atoms with Crippen LogP contribution in [0.5, 0.6) is 0 Å². The largest absolute Gasteiger partial charge is 0.514 e. The lowest BCUT2D eigenvalue weighted by atomic mass is 10.1. The van der Waals surface area contributed by atoms with Crippen LogP contribution in [0.25, 0.3) is 0 Å². The number of hydrogen-bond donors (Lipinski definition) is 0. The second-order valence-corrected chi connectivity index (χ2v) is 9.87. The Balaban J connectivity index is 2.82. The smallest absolute Gasteiger partial charge is 0.376 e. The van der Waals surface area contributed by atoms with Crippen molar-refractivity contribution in [2.24, 2.45) is 0 Å². The van der Waals surface area contributed by atoms with Gasteiger partial charge in [0.15, 0.2) is 0 Å². The molecule has 0 saturated heterocycles. The molecule has 5 heteroatoms. The summed E-state index contributed by atoms with van der Waals surface area (Å²) in [6, 6.07) is 8.64. The fourth-order valence-corrected chi connectivity index (χ4v) is 6.49. The first-order valence-corrected chi connectivity index (χ1v) is 9.04. The zero-order valence-electron chi connectivity index (χ0n) is 11.4. The standard InChI is InChI=1S/C13H21IO3Si/c1-5-11-7-6-8-12(9-11)10-13(14)18(15-2,16-3)17-4/h6-9,13H,5,10H2,1-4H3. The molecule has 0 aliphatic carbocycles. The van der Waals surface area contributed by atoms with Crippen molar-refractivity contribution in [3.8, 4) is 0 Å². The second kappa shape index (κ2) is 7.59. The number of rotatable bonds is 7. The SMILES string of the molecule is CCc1cccc(CC(I)[Si](OC)(OC)OC)c1. The highest BCUT2D eigenvalue weighted by atomic mass is 127. The molecule has 1 aromatic rings. The maximum absolute atomic E-state index is 5.51. The van der Waals surface area contributed by atoms with E-state index in [0.717, 1.165) is 12.8 Å². The van der Waals surface area contributed by atoms with Crippen LogP contribution in [0, 0.1) is 0 Å². The molecule has 0 saturated carbocycles. The van der Waals surface area contributed by atoms with Crippen LogP contribution < -0.4 is 0 Å². The number of aryl methyl sites for hydroxylation is 1. The third-order valence-corrected chi connectivity index (χ3v) is 8.46. The first-order chi connectivity index (χ1) is 8.61. The van der Waals surface area contributed by atoms with E-state index in [4.69, 9.17) is 13.3 Å². The Morgan fingerprint density at radius 3 is 2.17 bits per heavy atom. The fraction of sp³-hybridized carbons (Fsp3) is 0.538. The molecule has 1 unspecified atom stereocenters. The summed E-state index contributed by atoms with van der Waals surface area (Å²) in [5.41, 5.74) is 2.66. The van der Waals surface area contributed by atoms with Crippen molar-refractivity contribution < 1.29 is 13.3 Å². The van der Waals surface area contributed by atoms with Crippen LogP contribution >= 0.6 is 22.6 Å². The maximum Gasteiger partial charge on any atom is 0.514 e. The molecule has 0 aromatic heterocycles. The van der Waals surface area contributed by atoms with Gasteiger partial charge in [0, 0.05) is 21.3 Å². The molecule has 0 N–H and O–H groups in total. The van der Waals surface area contributed by atoms with E-state index in [1.165, 1.54) is 11.1 Å². The lowest BCUT2D eigenvalue weighted by molar-refractivity contribution is 0.123. The Kier molecular flexibility index (Phi) is 6.79. The Morgan fingerprint density at radius 2 is 1.67 bits per heavy atom. The summed E-state index contributed by atoms with van der Waals surface area (Å²) < 4.78 is 16.8. The predicted octanol–water partition coefficient (Wildman–Crippen LogP) is 3.01. The topological polar surface area (TPSA) is 27.7 Å². The first kappa shape index (κ1) is 16.1. The van der Waals surface area contributed by atoms with Gasteiger partial charge in [-0.05, 0) is 24.0 Å². The Hall–Kier alpha value is 0.0469. The average Bonchev–Trinajstić information content (AvgIpc) is 2.41. The fourth-order valence-electron chi connectivity index (χ4n) is 1.94. The van der Waals surface area contributed by atoms with Crippen molar-refractivity contribution in [3.63, 3.8) is 0 Å². The van der Waals surface area contributed by atoms with Gasteiger partial charge in [-0.2, -0.15) is 0 Å². The molecule has 0 heterocycles. The molecule has 1 atom stereocenters. The van der Waals surface area contributed by atoms with E-state index in [-0.39, 0.29) is 3.55 Å². The van der Waals surface area contributed by atoms with Gasteiger partial charge in [-0.25, -0.2) is 0 Å². The average molecular weight is 380 g/mol. The van der Waals surface area contributed by atoms with Crippen LogP contribution in [0.15, 0.2) is 24.3 Å². The highest BCUT2D eigenvalue weighted by Crippen LogP contribution is 2.24. The lowest BCUT2D eigenvalue weighted by Crippen LogP contribution is -2.52. The van der Waals surface area contributed by atoms with Crippen LogP contribution in [0.1, 0.15) is 18.1 Å². The lowest BCUT2D eigenvalue weighted by Gasteiger charge is -2.29. The number of benzene rings is 1. The molecule has 0 aliphatic rings. The van der Waals surface area contributed by atoms with E-state index in [1.54, 1.807) is 21.3 Å². The quantitative estimate of drug-likeness (QED) is 0.414. The van der Waals surface area contributed by atoms with Crippen LogP contribution in [-0.2, 0) is 26.1 Å². The van der Waals surface area contributed by atoms with Crippen LogP contribution in [0.3, 0.4) is 0 Å². The minimum Gasteiger partial charge on any atom is -0.376 e. The zero-order chi connectivity index (χ0) is 13.6. The van der Waals surface area contributed by atoms with E-state index in [0.29, 0.717) is 0 Å². The number of halogens is 1. The third-order valence-electron chi connectivity index (χ3n) is 3.05. The predicted molar refractivity (Wildman–Crippen MR) is 84.1 cm³/mol. The molecule has 0 amide bonds. The van der Waals surface area contributed by atoms with Crippen molar-refractivity contribution >= 4 is 31.4 Å². The second-order valence-electron chi connectivity index (χ2n) is 4.06. The van der Waals surface area contributed by atoms with Crippen LogP contribution in [-0.4, -0.2) is 33.7 Å². The molecule has 0 aliphatic heterocycles. The van der Waals surface area contributed by atoms with E-state index >= 15 is 0 Å². The Bertz CT molecular complexity index is 361. The third kappa shape index (κ3) is 3.77. The van der Waals surface area contributed by atoms with E-state index in [1.807, 2.05) is 0 Å². The van der Waals surface area contributed by atoms with Crippen molar-refractivity contribution in [1.82, 2.24) is 0 Å². The van der Waals surface area contributed by atoms with Gasteiger partial charge in [-0.15, -0.1) is 0 Å². The van der Waals surface area contributed by atoms with Crippen molar-refractivity contribution in [2.45, 2.75) is 23.3 Å². The molecule has 0 bridgehead atoms. The van der Waals surface area contributed by atoms with E-state index < -0.39 is 8.80 Å². The molecule has 1 rings (SSSR count). The number of alkyl halides is 1. The summed E-state index contributed by atoms with van der Waals surface area (Å²) in [6.07, 6.45) is 1.96. The van der Waals surface area contributed by atoms with Crippen molar-refractivity contribution in [2.75, 3.05) is 21.3 Å². The maximum atomic E-state index is 5.51. The molecule has 0 radical (unpaired) electrons. The van der Waals surface area contributed by atoms with Gasteiger partial charge in [0.2, 0.25) is 0 Å². The van der Waals surface area contributed by atoms with Gasteiger partial charge < -0.3 is 13.3 Å². The van der Waals surface area contributed by atoms with E-state index in [9.17, 15) is 0 Å². The summed E-state index contributed by atoms with van der Waals surface area (Å²) in [5, 5.41) is 0. The monoisotopic (exact) mass is 380 g/mol. The summed E-state index contributed by atoms with van der Waals surface area (Å²) in [4.78, 5) is 0. The first-order valence-electron chi connectivity index (χ1n) is 5.99. The minimum absolute atomic E-state index is 0.210. The summed E-state index contributed by atoms with van der Waals surface area (Å²) in [6.45, 7) is 2.17. The molecule has 3 nitrogen and oxygen atoms in total. The van der Waals surface area contributed by atoms with Crippen molar-refractivity contribution in [3.05, 3.63) is 35.4 Å². The van der Waals surface area contributed by atoms with Crippen LogP contribution in [0.4, 0.5) is 0 Å². The Morgan fingerprint density at radius 1 is 1.11 bits per heavy atom. The molecular weight excluding hydrogens is 359 g/mol.